The van der Waals surface area contributed by atoms with Gasteiger partial charge in [0.25, 0.3) is 0 Å². The molecule has 22 heavy (non-hydrogen) atoms. The summed E-state index contributed by atoms with van der Waals surface area (Å²) in [5.74, 6) is 0.199. The average Bonchev–Trinajstić information content (AvgIpc) is 2.43. The molecule has 1 heterocycles. The molecule has 7 nitrogen and oxygen atoms in total. The lowest BCUT2D eigenvalue weighted by Crippen LogP contribution is -2.48. The van der Waals surface area contributed by atoms with Crippen LogP contribution in [-0.4, -0.2) is 41.9 Å². The van der Waals surface area contributed by atoms with E-state index in [1.54, 1.807) is 0 Å². The maximum atomic E-state index is 11.6. The number of aliphatic hydroxyl groups excluding tert-OH is 1. The summed E-state index contributed by atoms with van der Waals surface area (Å²) in [6, 6.07) is 1.85. The molecular formula is C14H20N4O3S. The van der Waals surface area contributed by atoms with E-state index in [1.165, 1.54) is 6.20 Å². The van der Waals surface area contributed by atoms with Crippen LogP contribution < -0.4 is 5.32 Å². The van der Waals surface area contributed by atoms with E-state index in [0.29, 0.717) is 0 Å². The van der Waals surface area contributed by atoms with Crippen LogP contribution in [0.3, 0.4) is 0 Å². The minimum Gasteiger partial charge on any atom is -0.392 e. The second-order valence-corrected chi connectivity index (χ2v) is 8.17. The van der Waals surface area contributed by atoms with Gasteiger partial charge in [0.2, 0.25) is 15.0 Å². The Morgan fingerprint density at radius 1 is 1.45 bits per heavy atom. The van der Waals surface area contributed by atoms with E-state index in [9.17, 15) is 13.5 Å². The molecular weight excluding hydrogens is 304 g/mol. The number of anilines is 1. The SMILES string of the molecule is CC1(C)[C@H](O)CCC[C@H]1Nc1nc(S(C)(=O)=O)ncc1C#N. The van der Waals surface area contributed by atoms with Gasteiger partial charge in [-0.05, 0) is 19.3 Å². The predicted molar refractivity (Wildman–Crippen MR) is 80.9 cm³/mol. The molecule has 1 saturated carbocycles. The van der Waals surface area contributed by atoms with Crippen LogP contribution >= 0.6 is 0 Å². The summed E-state index contributed by atoms with van der Waals surface area (Å²) >= 11 is 0. The number of hydrogen-bond donors (Lipinski definition) is 2. The quantitative estimate of drug-likeness (QED) is 0.800. The first-order valence-electron chi connectivity index (χ1n) is 7.08. The van der Waals surface area contributed by atoms with Gasteiger partial charge in [-0.1, -0.05) is 13.8 Å². The van der Waals surface area contributed by atoms with Gasteiger partial charge in [-0.25, -0.2) is 13.4 Å². The Morgan fingerprint density at radius 3 is 2.73 bits per heavy atom. The molecule has 2 N–H and O–H groups in total. The maximum Gasteiger partial charge on any atom is 0.248 e. The Hall–Kier alpha value is -1.72. The molecule has 0 bridgehead atoms. The molecule has 120 valence electrons. The normalized spacial score (nSPS) is 24.5. The fourth-order valence-corrected chi connectivity index (χ4v) is 3.15. The summed E-state index contributed by atoms with van der Waals surface area (Å²) in [4.78, 5) is 7.70. The maximum absolute atomic E-state index is 11.6. The molecule has 1 aromatic heterocycles. The van der Waals surface area contributed by atoms with Crippen molar-refractivity contribution in [3.63, 3.8) is 0 Å². The second-order valence-electron chi connectivity index (χ2n) is 6.26. The second kappa shape index (κ2) is 5.82. The van der Waals surface area contributed by atoms with Gasteiger partial charge in [0.1, 0.15) is 17.5 Å². The van der Waals surface area contributed by atoms with Gasteiger partial charge in [-0.15, -0.1) is 0 Å². The van der Waals surface area contributed by atoms with E-state index in [4.69, 9.17) is 5.26 Å². The monoisotopic (exact) mass is 324 g/mol. The topological polar surface area (TPSA) is 116 Å². The number of aromatic nitrogens is 2. The Bertz CT molecular complexity index is 709. The number of nitrogens with zero attached hydrogens (tertiary/aromatic N) is 3. The highest BCUT2D eigenvalue weighted by molar-refractivity contribution is 7.90. The highest BCUT2D eigenvalue weighted by Crippen LogP contribution is 2.37. The van der Waals surface area contributed by atoms with E-state index < -0.39 is 21.4 Å². The summed E-state index contributed by atoms with van der Waals surface area (Å²) in [7, 11) is -3.55. The summed E-state index contributed by atoms with van der Waals surface area (Å²) in [5.41, 5.74) is -0.218. The molecule has 0 radical (unpaired) electrons. The zero-order chi connectivity index (χ0) is 16.5. The molecule has 0 spiro atoms. The fraction of sp³-hybridized carbons (Fsp3) is 0.643. The van der Waals surface area contributed by atoms with Gasteiger partial charge in [-0.2, -0.15) is 10.2 Å². The van der Waals surface area contributed by atoms with Gasteiger partial charge >= 0.3 is 0 Å². The smallest absolute Gasteiger partial charge is 0.248 e. The lowest BCUT2D eigenvalue weighted by Gasteiger charge is -2.43. The molecule has 0 aliphatic heterocycles. The highest BCUT2D eigenvalue weighted by Gasteiger charge is 2.39. The van der Waals surface area contributed by atoms with Gasteiger partial charge in [-0.3, -0.25) is 0 Å². The molecule has 2 atom stereocenters. The van der Waals surface area contributed by atoms with Crippen LogP contribution in [0.5, 0.6) is 0 Å². The molecule has 0 amide bonds. The first-order chi connectivity index (χ1) is 10.2. The molecule has 0 unspecified atom stereocenters. The van der Waals surface area contributed by atoms with Gasteiger partial charge in [0.05, 0.1) is 12.3 Å². The van der Waals surface area contributed by atoms with E-state index >= 15 is 0 Å². The van der Waals surface area contributed by atoms with Gasteiger partial charge in [0, 0.05) is 17.7 Å². The van der Waals surface area contributed by atoms with Crippen LogP contribution in [-0.2, 0) is 9.84 Å². The highest BCUT2D eigenvalue weighted by atomic mass is 32.2. The summed E-state index contributed by atoms with van der Waals surface area (Å²) < 4.78 is 23.2. The summed E-state index contributed by atoms with van der Waals surface area (Å²) in [5, 5.41) is 22.1. The van der Waals surface area contributed by atoms with Crippen molar-refractivity contribution in [2.45, 2.75) is 50.4 Å². The first-order valence-corrected chi connectivity index (χ1v) is 8.97. The third kappa shape index (κ3) is 3.20. The van der Waals surface area contributed by atoms with Crippen molar-refractivity contribution in [1.82, 2.24) is 9.97 Å². The molecule has 1 aliphatic rings. The van der Waals surface area contributed by atoms with E-state index in [-0.39, 0.29) is 22.6 Å². The molecule has 0 saturated heterocycles. The number of nitrogens with one attached hydrogen (secondary N) is 1. The van der Waals surface area contributed by atoms with E-state index in [2.05, 4.69) is 15.3 Å². The lowest BCUT2D eigenvalue weighted by molar-refractivity contribution is 0.00450. The third-order valence-corrected chi connectivity index (χ3v) is 5.12. The van der Waals surface area contributed by atoms with Crippen molar-refractivity contribution >= 4 is 15.7 Å². The van der Waals surface area contributed by atoms with Crippen molar-refractivity contribution in [2.75, 3.05) is 11.6 Å². The standard InChI is InChI=1S/C14H20N4O3S/c1-14(2)10(5-4-6-11(14)19)17-12-9(7-15)8-16-13(18-12)22(3,20)21/h8,10-11,19H,4-6H2,1-3H3,(H,16,17,18)/t10-,11-/m1/s1. The number of nitriles is 1. The Labute approximate surface area is 130 Å². The zero-order valence-corrected chi connectivity index (χ0v) is 13.7. The van der Waals surface area contributed by atoms with Crippen LogP contribution in [0.4, 0.5) is 5.82 Å². The largest absolute Gasteiger partial charge is 0.392 e. The Kier molecular flexibility index (Phi) is 4.40. The fourth-order valence-electron chi connectivity index (χ4n) is 2.65. The van der Waals surface area contributed by atoms with Crippen LogP contribution in [0.2, 0.25) is 0 Å². The van der Waals surface area contributed by atoms with Crippen LogP contribution in [0, 0.1) is 16.7 Å². The van der Waals surface area contributed by atoms with E-state index in [0.717, 1.165) is 25.5 Å². The predicted octanol–water partition coefficient (Wildman–Crippen LogP) is 1.10. The first kappa shape index (κ1) is 16.6. The lowest BCUT2D eigenvalue weighted by atomic mass is 9.71. The van der Waals surface area contributed by atoms with Gasteiger partial charge in [0.15, 0.2) is 0 Å². The Balaban J connectivity index is 2.38. The van der Waals surface area contributed by atoms with Crippen molar-refractivity contribution < 1.29 is 13.5 Å². The van der Waals surface area contributed by atoms with Crippen LogP contribution in [0.1, 0.15) is 38.7 Å². The summed E-state index contributed by atoms with van der Waals surface area (Å²) in [6.45, 7) is 3.89. The molecule has 1 aliphatic carbocycles. The number of aliphatic hydroxyl groups is 1. The summed E-state index contributed by atoms with van der Waals surface area (Å²) in [6.07, 6.45) is 4.17. The molecule has 1 aromatic rings. The zero-order valence-electron chi connectivity index (χ0n) is 12.9. The van der Waals surface area contributed by atoms with Crippen LogP contribution in [0.25, 0.3) is 0 Å². The molecule has 1 fully saturated rings. The van der Waals surface area contributed by atoms with Gasteiger partial charge < -0.3 is 10.4 Å². The molecule has 2 rings (SSSR count). The van der Waals surface area contributed by atoms with Crippen molar-refractivity contribution in [3.8, 4) is 6.07 Å². The Morgan fingerprint density at radius 2 is 2.14 bits per heavy atom. The van der Waals surface area contributed by atoms with Crippen LogP contribution in [0.15, 0.2) is 11.4 Å². The number of rotatable bonds is 3. The minimum atomic E-state index is -3.55. The minimum absolute atomic E-state index is 0.106. The van der Waals surface area contributed by atoms with Crippen molar-refractivity contribution in [3.05, 3.63) is 11.8 Å². The molecule has 8 heteroatoms. The van der Waals surface area contributed by atoms with Crippen molar-refractivity contribution in [1.29, 1.82) is 5.26 Å². The number of hydrogen-bond acceptors (Lipinski definition) is 7. The molecule has 0 aromatic carbocycles. The van der Waals surface area contributed by atoms with Crippen molar-refractivity contribution in [2.24, 2.45) is 5.41 Å². The van der Waals surface area contributed by atoms with E-state index in [1.807, 2.05) is 19.9 Å². The average molecular weight is 324 g/mol. The number of sulfone groups is 1. The third-order valence-electron chi connectivity index (χ3n) is 4.26.